The third-order valence-corrected chi connectivity index (χ3v) is 4.75. The summed E-state index contributed by atoms with van der Waals surface area (Å²) in [6, 6.07) is 5.98. The number of aromatic nitrogens is 5. The molecule has 1 atom stereocenters. The molecule has 3 aromatic heterocycles. The van der Waals surface area contributed by atoms with Crippen LogP contribution in [0.1, 0.15) is 44.8 Å². The molecule has 4 rings (SSSR count). The first kappa shape index (κ1) is 16.1. The lowest BCUT2D eigenvalue weighted by Crippen LogP contribution is -2.36. The van der Waals surface area contributed by atoms with Crippen molar-refractivity contribution in [1.29, 1.82) is 0 Å². The molecule has 0 saturated carbocycles. The van der Waals surface area contributed by atoms with Gasteiger partial charge in [-0.25, -0.2) is 9.97 Å². The molecule has 6 nitrogen and oxygen atoms in total. The average molecular weight is 337 g/mol. The highest BCUT2D eigenvalue weighted by Gasteiger charge is 2.29. The van der Waals surface area contributed by atoms with Crippen molar-refractivity contribution in [2.45, 2.75) is 58.2 Å². The average Bonchev–Trinajstić information content (AvgIpc) is 2.96. The Labute approximate surface area is 147 Å². The van der Waals surface area contributed by atoms with Gasteiger partial charge in [0.05, 0.1) is 17.4 Å². The minimum atomic E-state index is -0.0402. The summed E-state index contributed by atoms with van der Waals surface area (Å²) in [4.78, 5) is 8.63. The van der Waals surface area contributed by atoms with Crippen LogP contribution in [0, 0.1) is 6.92 Å². The van der Waals surface area contributed by atoms with Crippen molar-refractivity contribution in [2.24, 2.45) is 0 Å². The lowest BCUT2D eigenvalue weighted by molar-refractivity contribution is -0.106. The van der Waals surface area contributed by atoms with E-state index in [9.17, 15) is 0 Å². The maximum Gasteiger partial charge on any atom is 0.161 e. The second kappa shape index (κ2) is 6.19. The molecular weight excluding hydrogens is 314 g/mol. The smallest absolute Gasteiger partial charge is 0.161 e. The molecule has 130 valence electrons. The summed E-state index contributed by atoms with van der Waals surface area (Å²) in [5.41, 5.74) is 2.71. The lowest BCUT2D eigenvalue weighted by Gasteiger charge is -2.35. The van der Waals surface area contributed by atoms with E-state index in [0.717, 1.165) is 47.8 Å². The minimum absolute atomic E-state index is 0.0402. The molecular formula is C19H23N5O. The molecule has 0 spiro atoms. The minimum Gasteiger partial charge on any atom is -0.372 e. The second-order valence-electron chi connectivity index (χ2n) is 7.34. The molecule has 0 aliphatic carbocycles. The van der Waals surface area contributed by atoms with Gasteiger partial charge in [0.1, 0.15) is 11.6 Å². The van der Waals surface area contributed by atoms with E-state index >= 15 is 0 Å². The predicted molar refractivity (Wildman–Crippen MR) is 95.3 cm³/mol. The second-order valence-corrected chi connectivity index (χ2v) is 7.34. The molecule has 0 bridgehead atoms. The third-order valence-electron chi connectivity index (χ3n) is 4.75. The molecule has 4 heterocycles. The highest BCUT2D eigenvalue weighted by atomic mass is 16.5. The summed E-state index contributed by atoms with van der Waals surface area (Å²) in [5, 5.41) is 8.73. The van der Waals surface area contributed by atoms with Gasteiger partial charge in [0, 0.05) is 24.4 Å². The Hall–Kier alpha value is -2.34. The molecule has 1 unspecified atom stereocenters. The molecule has 1 fully saturated rings. The number of nitrogens with zero attached hydrogens (tertiary/aromatic N) is 5. The van der Waals surface area contributed by atoms with Gasteiger partial charge in [0.15, 0.2) is 5.65 Å². The summed E-state index contributed by atoms with van der Waals surface area (Å²) in [7, 11) is 0. The third kappa shape index (κ3) is 3.39. The molecule has 6 heteroatoms. The van der Waals surface area contributed by atoms with Gasteiger partial charge in [-0.05, 0) is 58.2 Å². The number of hydrogen-bond acceptors (Lipinski definition) is 5. The van der Waals surface area contributed by atoms with Crippen molar-refractivity contribution in [3.05, 3.63) is 42.2 Å². The molecule has 1 aliphatic rings. The van der Waals surface area contributed by atoms with E-state index in [2.05, 4.69) is 34.0 Å². The first-order valence-electron chi connectivity index (χ1n) is 8.82. The number of hydrogen-bond donors (Lipinski definition) is 0. The van der Waals surface area contributed by atoms with Gasteiger partial charge in [0.2, 0.25) is 0 Å². The Morgan fingerprint density at radius 1 is 1.28 bits per heavy atom. The standard InChI is InChI=1S/C19H23N5O/c1-13-20-9-6-16(21-13)14-7-10-24-17(11-14)22-23-18(24)12-15-5-4-8-19(2,3)25-15/h6-7,9-11,15H,4-5,8,12H2,1-3H3. The molecule has 0 radical (unpaired) electrons. The Balaban J connectivity index is 1.60. The zero-order chi connectivity index (χ0) is 17.4. The number of aryl methyl sites for hydroxylation is 1. The van der Waals surface area contributed by atoms with E-state index < -0.39 is 0 Å². The van der Waals surface area contributed by atoms with Crippen molar-refractivity contribution >= 4 is 5.65 Å². The van der Waals surface area contributed by atoms with Gasteiger partial charge >= 0.3 is 0 Å². The van der Waals surface area contributed by atoms with Crippen LogP contribution in [0.2, 0.25) is 0 Å². The van der Waals surface area contributed by atoms with Gasteiger partial charge in [0.25, 0.3) is 0 Å². The molecule has 0 aromatic carbocycles. The Bertz CT molecular complexity index is 902. The summed E-state index contributed by atoms with van der Waals surface area (Å²) < 4.78 is 8.25. The van der Waals surface area contributed by atoms with Crippen LogP contribution in [0.3, 0.4) is 0 Å². The van der Waals surface area contributed by atoms with Crippen LogP contribution in [0.4, 0.5) is 0 Å². The van der Waals surface area contributed by atoms with Crippen molar-refractivity contribution in [3.8, 4) is 11.3 Å². The number of fused-ring (bicyclic) bond motifs is 1. The highest BCUT2D eigenvalue weighted by Crippen LogP contribution is 2.29. The van der Waals surface area contributed by atoms with E-state index in [4.69, 9.17) is 4.74 Å². The lowest BCUT2D eigenvalue weighted by atomic mass is 9.94. The van der Waals surface area contributed by atoms with Gasteiger partial charge < -0.3 is 4.74 Å². The van der Waals surface area contributed by atoms with Crippen molar-refractivity contribution in [2.75, 3.05) is 0 Å². The predicted octanol–water partition coefficient (Wildman–Crippen LogP) is 3.38. The summed E-state index contributed by atoms with van der Waals surface area (Å²) in [6.45, 7) is 6.22. The number of rotatable bonds is 3. The van der Waals surface area contributed by atoms with E-state index in [0.29, 0.717) is 0 Å². The Morgan fingerprint density at radius 2 is 2.16 bits per heavy atom. The fourth-order valence-corrected chi connectivity index (χ4v) is 3.53. The van der Waals surface area contributed by atoms with Crippen molar-refractivity contribution < 1.29 is 4.74 Å². The summed E-state index contributed by atoms with van der Waals surface area (Å²) >= 11 is 0. The summed E-state index contributed by atoms with van der Waals surface area (Å²) in [5.74, 6) is 1.71. The zero-order valence-corrected chi connectivity index (χ0v) is 14.9. The maximum atomic E-state index is 6.20. The van der Waals surface area contributed by atoms with E-state index in [1.807, 2.05) is 35.7 Å². The molecule has 0 N–H and O–H groups in total. The largest absolute Gasteiger partial charge is 0.372 e. The van der Waals surface area contributed by atoms with Crippen LogP contribution in [-0.2, 0) is 11.2 Å². The molecule has 1 saturated heterocycles. The van der Waals surface area contributed by atoms with Crippen LogP contribution in [-0.4, -0.2) is 36.3 Å². The van der Waals surface area contributed by atoms with Crippen LogP contribution >= 0.6 is 0 Å². The van der Waals surface area contributed by atoms with Gasteiger partial charge in [-0.2, -0.15) is 0 Å². The fourth-order valence-electron chi connectivity index (χ4n) is 3.53. The van der Waals surface area contributed by atoms with Crippen LogP contribution in [0.15, 0.2) is 30.6 Å². The normalized spacial score (nSPS) is 20.0. The van der Waals surface area contributed by atoms with E-state index in [-0.39, 0.29) is 11.7 Å². The summed E-state index contributed by atoms with van der Waals surface area (Å²) in [6.07, 6.45) is 8.19. The van der Waals surface area contributed by atoms with Gasteiger partial charge in [-0.1, -0.05) is 0 Å². The van der Waals surface area contributed by atoms with Gasteiger partial charge in [-0.15, -0.1) is 10.2 Å². The van der Waals surface area contributed by atoms with Crippen LogP contribution in [0.5, 0.6) is 0 Å². The quantitative estimate of drug-likeness (QED) is 0.733. The number of pyridine rings is 1. The topological polar surface area (TPSA) is 65.2 Å². The molecule has 3 aromatic rings. The van der Waals surface area contributed by atoms with Crippen LogP contribution in [0.25, 0.3) is 16.9 Å². The zero-order valence-electron chi connectivity index (χ0n) is 14.9. The molecule has 0 amide bonds. The molecule has 1 aliphatic heterocycles. The maximum absolute atomic E-state index is 6.20. The van der Waals surface area contributed by atoms with E-state index in [1.165, 1.54) is 6.42 Å². The first-order valence-corrected chi connectivity index (χ1v) is 8.82. The fraction of sp³-hybridized carbons (Fsp3) is 0.474. The highest BCUT2D eigenvalue weighted by molar-refractivity contribution is 5.63. The number of ether oxygens (including phenoxy) is 1. The Kier molecular flexibility index (Phi) is 4.00. The van der Waals surface area contributed by atoms with Gasteiger partial charge in [-0.3, -0.25) is 4.40 Å². The monoisotopic (exact) mass is 337 g/mol. The Morgan fingerprint density at radius 3 is 2.96 bits per heavy atom. The van der Waals surface area contributed by atoms with Crippen LogP contribution < -0.4 is 0 Å². The van der Waals surface area contributed by atoms with Crippen molar-refractivity contribution in [1.82, 2.24) is 24.6 Å². The molecule has 25 heavy (non-hydrogen) atoms. The van der Waals surface area contributed by atoms with Crippen molar-refractivity contribution in [3.63, 3.8) is 0 Å². The first-order chi connectivity index (χ1) is 12.0. The SMILES string of the molecule is Cc1nccc(-c2ccn3c(CC4CCCC(C)(C)O4)nnc3c2)n1. The van der Waals surface area contributed by atoms with E-state index in [1.54, 1.807) is 6.20 Å².